The second-order valence-electron chi connectivity index (χ2n) is 9.15. The van der Waals surface area contributed by atoms with Crippen LogP contribution >= 0.6 is 0 Å². The van der Waals surface area contributed by atoms with Gasteiger partial charge in [-0.1, -0.05) is 80.2 Å². The third kappa shape index (κ3) is 6.92. The number of nitrogens with one attached hydrogen (secondary N) is 1. The molecule has 1 atom stereocenters. The van der Waals surface area contributed by atoms with Crippen LogP contribution in [-0.2, 0) is 0 Å². The van der Waals surface area contributed by atoms with Crippen LogP contribution in [0, 0.1) is 5.41 Å². The molecule has 0 saturated carbocycles. The first-order chi connectivity index (χ1) is 13.8. The van der Waals surface area contributed by atoms with E-state index in [9.17, 15) is 0 Å². The minimum Gasteiger partial charge on any atom is -0.378 e. The monoisotopic (exact) mass is 389 g/mol. The fraction of sp³-hybridized carbons (Fsp3) is 0.429. The lowest BCUT2D eigenvalue weighted by atomic mass is 9.71. The van der Waals surface area contributed by atoms with Crippen molar-refractivity contribution >= 4 is 0 Å². The van der Waals surface area contributed by atoms with Gasteiger partial charge < -0.3 is 5.32 Å². The molecule has 0 aliphatic heterocycles. The second kappa shape index (κ2) is 10.5. The van der Waals surface area contributed by atoms with Crippen molar-refractivity contribution < 1.29 is 0 Å². The van der Waals surface area contributed by atoms with Crippen molar-refractivity contribution in [1.82, 2.24) is 5.32 Å². The van der Waals surface area contributed by atoms with Gasteiger partial charge in [-0.3, -0.25) is 0 Å². The zero-order chi connectivity index (χ0) is 21.4. The van der Waals surface area contributed by atoms with Gasteiger partial charge >= 0.3 is 0 Å². The summed E-state index contributed by atoms with van der Waals surface area (Å²) < 4.78 is 0. The van der Waals surface area contributed by atoms with Crippen molar-refractivity contribution in [2.75, 3.05) is 0 Å². The molecule has 0 aromatic carbocycles. The molecule has 0 spiro atoms. The van der Waals surface area contributed by atoms with Gasteiger partial charge in [-0.15, -0.1) is 0 Å². The Hall–Kier alpha value is -2.28. The lowest BCUT2D eigenvalue weighted by Crippen LogP contribution is -2.34. The molecule has 0 aromatic heterocycles. The summed E-state index contributed by atoms with van der Waals surface area (Å²) in [4.78, 5) is 0. The van der Waals surface area contributed by atoms with E-state index in [0.29, 0.717) is 5.41 Å². The molecule has 1 nitrogen and oxygen atoms in total. The van der Waals surface area contributed by atoms with E-state index >= 15 is 0 Å². The second-order valence-corrected chi connectivity index (χ2v) is 9.15. The van der Waals surface area contributed by atoms with Crippen LogP contribution in [0.1, 0.15) is 67.2 Å². The smallest absolute Gasteiger partial charge is 0.0550 e. The Morgan fingerprint density at radius 3 is 2.59 bits per heavy atom. The lowest BCUT2D eigenvalue weighted by Gasteiger charge is -2.37. The first-order valence-corrected chi connectivity index (χ1v) is 10.9. The minimum atomic E-state index is 0.261. The van der Waals surface area contributed by atoms with E-state index in [1.165, 1.54) is 33.6 Å². The molecule has 29 heavy (non-hydrogen) atoms. The highest BCUT2D eigenvalue weighted by Gasteiger charge is 2.31. The molecule has 0 bridgehead atoms. The Labute approximate surface area is 179 Å². The maximum Gasteiger partial charge on any atom is 0.0550 e. The average Bonchev–Trinajstić information content (AvgIpc) is 2.65. The number of allylic oxidation sites excluding steroid dienone is 11. The minimum absolute atomic E-state index is 0.261. The molecule has 0 saturated heterocycles. The zero-order valence-electron chi connectivity index (χ0n) is 19.3. The molecule has 1 heteroatoms. The van der Waals surface area contributed by atoms with Crippen LogP contribution in [0.25, 0.3) is 0 Å². The van der Waals surface area contributed by atoms with Gasteiger partial charge in [0.2, 0.25) is 0 Å². The molecule has 0 fully saturated rings. The van der Waals surface area contributed by atoms with Crippen molar-refractivity contribution in [3.8, 4) is 0 Å². The van der Waals surface area contributed by atoms with E-state index in [1.807, 2.05) is 6.92 Å². The van der Waals surface area contributed by atoms with Crippen LogP contribution in [0.3, 0.4) is 0 Å². The van der Waals surface area contributed by atoms with Crippen molar-refractivity contribution in [3.63, 3.8) is 0 Å². The van der Waals surface area contributed by atoms with Crippen LogP contribution in [0.4, 0.5) is 0 Å². The molecule has 2 aliphatic rings. The van der Waals surface area contributed by atoms with Crippen LogP contribution in [0.5, 0.6) is 0 Å². The summed E-state index contributed by atoms with van der Waals surface area (Å²) in [6.07, 6.45) is 23.9. The van der Waals surface area contributed by atoms with Gasteiger partial charge in [0.25, 0.3) is 0 Å². The van der Waals surface area contributed by atoms with E-state index in [0.717, 1.165) is 25.7 Å². The van der Waals surface area contributed by atoms with Gasteiger partial charge in [-0.2, -0.15) is 0 Å². The fourth-order valence-electron chi connectivity index (χ4n) is 4.34. The SMILES string of the molecule is C=C1CC(C)(C)CC(C)=C1C(C/C=C\C(C)=C/C)NC1=CC/C(=C\C=C/C)C=C1. The van der Waals surface area contributed by atoms with Gasteiger partial charge in [0.05, 0.1) is 6.04 Å². The first kappa shape index (κ1) is 23.0. The quantitative estimate of drug-likeness (QED) is 0.436. The summed E-state index contributed by atoms with van der Waals surface area (Å²) in [5.74, 6) is 0. The average molecular weight is 390 g/mol. The molecule has 2 rings (SSSR count). The van der Waals surface area contributed by atoms with Gasteiger partial charge in [-0.05, 0) is 81.6 Å². The maximum atomic E-state index is 4.47. The lowest BCUT2D eigenvalue weighted by molar-refractivity contribution is 0.342. The van der Waals surface area contributed by atoms with Crippen molar-refractivity contribution in [2.45, 2.75) is 73.3 Å². The Balaban J connectivity index is 2.25. The van der Waals surface area contributed by atoms with E-state index < -0.39 is 0 Å². The summed E-state index contributed by atoms with van der Waals surface area (Å²) in [5.41, 5.74) is 8.36. The third-order valence-corrected chi connectivity index (χ3v) is 5.71. The van der Waals surface area contributed by atoms with Gasteiger partial charge in [0.1, 0.15) is 0 Å². The van der Waals surface area contributed by atoms with Crippen molar-refractivity contribution in [3.05, 3.63) is 94.8 Å². The molecular weight excluding hydrogens is 350 g/mol. The van der Waals surface area contributed by atoms with Gasteiger partial charge in [-0.25, -0.2) is 0 Å². The van der Waals surface area contributed by atoms with Crippen LogP contribution in [0.15, 0.2) is 94.8 Å². The maximum absolute atomic E-state index is 4.47. The normalized spacial score (nSPS) is 22.7. The van der Waals surface area contributed by atoms with Crippen LogP contribution in [0.2, 0.25) is 0 Å². The van der Waals surface area contributed by atoms with Gasteiger partial charge in [0, 0.05) is 5.70 Å². The highest BCUT2D eigenvalue weighted by atomic mass is 14.9. The fourth-order valence-corrected chi connectivity index (χ4v) is 4.34. The highest BCUT2D eigenvalue weighted by Crippen LogP contribution is 2.42. The first-order valence-electron chi connectivity index (χ1n) is 10.9. The Kier molecular flexibility index (Phi) is 8.32. The van der Waals surface area contributed by atoms with Crippen LogP contribution in [-0.4, -0.2) is 6.04 Å². The van der Waals surface area contributed by atoms with E-state index in [4.69, 9.17) is 0 Å². The predicted octanol–water partition coefficient (Wildman–Crippen LogP) is 7.90. The van der Waals surface area contributed by atoms with Crippen molar-refractivity contribution in [1.29, 1.82) is 0 Å². The molecule has 0 aromatic rings. The number of hydrogen-bond donors (Lipinski definition) is 1. The van der Waals surface area contributed by atoms with E-state index in [2.05, 4.69) is 101 Å². The Bertz CT molecular complexity index is 818. The highest BCUT2D eigenvalue weighted by molar-refractivity contribution is 5.44. The molecule has 156 valence electrons. The summed E-state index contributed by atoms with van der Waals surface area (Å²) in [7, 11) is 0. The van der Waals surface area contributed by atoms with E-state index in [-0.39, 0.29) is 6.04 Å². The molecule has 0 radical (unpaired) electrons. The molecular formula is C28H39N. The molecule has 0 amide bonds. The van der Waals surface area contributed by atoms with E-state index in [1.54, 1.807) is 0 Å². The largest absolute Gasteiger partial charge is 0.378 e. The Morgan fingerprint density at radius 2 is 2.00 bits per heavy atom. The standard InChI is InChI=1S/C28H39N/c1-8-10-13-24-15-17-25(18-16-24)29-26(14-11-12-21(3)9-2)27-22(4)19-28(6,7)20-23(27)5/h8-13,15,17-18,26,29H,4,14,16,19-20H2,1-3,5-7H3/b10-8-,12-11-,21-9-,24-13-. The summed E-state index contributed by atoms with van der Waals surface area (Å²) >= 11 is 0. The Morgan fingerprint density at radius 1 is 1.24 bits per heavy atom. The van der Waals surface area contributed by atoms with Gasteiger partial charge in [0.15, 0.2) is 0 Å². The molecule has 1 N–H and O–H groups in total. The third-order valence-electron chi connectivity index (χ3n) is 5.71. The predicted molar refractivity (Wildman–Crippen MR) is 130 cm³/mol. The zero-order valence-corrected chi connectivity index (χ0v) is 19.3. The van der Waals surface area contributed by atoms with Crippen molar-refractivity contribution in [2.24, 2.45) is 5.41 Å². The summed E-state index contributed by atoms with van der Waals surface area (Å²) in [6, 6.07) is 0.261. The summed E-state index contributed by atoms with van der Waals surface area (Å²) in [6.45, 7) is 17.7. The topological polar surface area (TPSA) is 12.0 Å². The molecule has 1 unspecified atom stereocenters. The van der Waals surface area contributed by atoms with Crippen LogP contribution < -0.4 is 5.32 Å². The number of rotatable bonds is 7. The molecule has 2 aliphatic carbocycles. The number of hydrogen-bond acceptors (Lipinski definition) is 1. The molecule has 0 heterocycles. The summed E-state index contributed by atoms with van der Waals surface area (Å²) in [5, 5.41) is 3.82.